The molecule has 0 aliphatic rings. The molecule has 3 nitrogen and oxygen atoms in total. The van der Waals surface area contributed by atoms with Crippen LogP contribution in [-0.2, 0) is 6.42 Å². The molecule has 2 rings (SSSR count). The molecule has 0 aliphatic heterocycles. The van der Waals surface area contributed by atoms with Crippen LogP contribution in [-0.4, -0.2) is 21.5 Å². The number of aromatic nitrogens is 2. The highest BCUT2D eigenvalue weighted by molar-refractivity contribution is 6.30. The predicted molar refractivity (Wildman–Crippen MR) is 59.3 cm³/mol. The summed E-state index contributed by atoms with van der Waals surface area (Å²) < 4.78 is 14.5. The molecule has 0 saturated heterocycles. The molecule has 0 spiro atoms. The van der Waals surface area contributed by atoms with Gasteiger partial charge < -0.3 is 5.11 Å². The van der Waals surface area contributed by atoms with Gasteiger partial charge in [0.25, 0.3) is 0 Å². The second-order valence-corrected chi connectivity index (χ2v) is 3.68. The van der Waals surface area contributed by atoms with Gasteiger partial charge in [-0.2, -0.15) is 5.10 Å². The highest BCUT2D eigenvalue weighted by Gasteiger charge is 2.09. The Hall–Kier alpha value is -1.39. The van der Waals surface area contributed by atoms with Crippen LogP contribution in [0, 0.1) is 5.82 Å². The van der Waals surface area contributed by atoms with E-state index in [1.54, 1.807) is 18.3 Å². The predicted octanol–water partition coefficient (Wildman–Crippen LogP) is 2.20. The average Bonchev–Trinajstić information content (AvgIpc) is 2.61. The van der Waals surface area contributed by atoms with Crippen LogP contribution >= 0.6 is 11.6 Å². The Kier molecular flexibility index (Phi) is 3.22. The van der Waals surface area contributed by atoms with E-state index in [-0.39, 0.29) is 12.4 Å². The van der Waals surface area contributed by atoms with Gasteiger partial charge in [0, 0.05) is 18.6 Å². The van der Waals surface area contributed by atoms with Gasteiger partial charge in [0.2, 0.25) is 0 Å². The number of nitrogens with zero attached hydrogens (tertiary/aromatic N) is 2. The van der Waals surface area contributed by atoms with E-state index in [0.29, 0.717) is 17.3 Å². The quantitative estimate of drug-likeness (QED) is 0.893. The fraction of sp³-hybridized carbons (Fsp3) is 0.182. The topological polar surface area (TPSA) is 38.1 Å². The van der Waals surface area contributed by atoms with E-state index in [4.69, 9.17) is 16.7 Å². The monoisotopic (exact) mass is 240 g/mol. The van der Waals surface area contributed by atoms with Crippen molar-refractivity contribution in [2.24, 2.45) is 0 Å². The molecule has 2 aromatic rings. The summed E-state index contributed by atoms with van der Waals surface area (Å²) in [5.74, 6) is -0.340. The minimum Gasteiger partial charge on any atom is -0.396 e. The van der Waals surface area contributed by atoms with Gasteiger partial charge in [0.15, 0.2) is 0 Å². The normalized spacial score (nSPS) is 10.7. The zero-order chi connectivity index (χ0) is 11.5. The fourth-order valence-electron chi connectivity index (χ4n) is 1.44. The lowest BCUT2D eigenvalue weighted by atomic mass is 10.2. The Bertz CT molecular complexity index is 498. The highest BCUT2D eigenvalue weighted by atomic mass is 35.5. The molecule has 5 heteroatoms. The molecule has 1 heterocycles. The van der Waals surface area contributed by atoms with Crippen molar-refractivity contribution in [1.82, 2.24) is 9.78 Å². The highest BCUT2D eigenvalue weighted by Crippen LogP contribution is 2.20. The molecule has 0 amide bonds. The van der Waals surface area contributed by atoms with Gasteiger partial charge in [-0.1, -0.05) is 17.7 Å². The Balaban J connectivity index is 2.41. The van der Waals surface area contributed by atoms with Crippen LogP contribution in [0.4, 0.5) is 4.39 Å². The van der Waals surface area contributed by atoms with Gasteiger partial charge in [-0.25, -0.2) is 9.07 Å². The summed E-state index contributed by atoms with van der Waals surface area (Å²) in [6.45, 7) is 0.00850. The van der Waals surface area contributed by atoms with Gasteiger partial charge in [0.1, 0.15) is 11.0 Å². The molecule has 0 aliphatic carbocycles. The second-order valence-electron chi connectivity index (χ2n) is 3.33. The molecular weight excluding hydrogens is 231 g/mol. The Morgan fingerprint density at radius 1 is 1.44 bits per heavy atom. The number of halogens is 2. The molecule has 0 saturated carbocycles. The number of rotatable bonds is 3. The van der Waals surface area contributed by atoms with Crippen molar-refractivity contribution in [3.63, 3.8) is 0 Å². The lowest BCUT2D eigenvalue weighted by Crippen LogP contribution is -1.97. The number of benzene rings is 1. The maximum absolute atomic E-state index is 13.0. The van der Waals surface area contributed by atoms with E-state index < -0.39 is 0 Å². The van der Waals surface area contributed by atoms with Crippen molar-refractivity contribution in [3.05, 3.63) is 47.0 Å². The van der Waals surface area contributed by atoms with E-state index in [9.17, 15) is 4.39 Å². The van der Waals surface area contributed by atoms with Crippen molar-refractivity contribution >= 4 is 11.6 Å². The molecule has 84 valence electrons. The summed E-state index contributed by atoms with van der Waals surface area (Å²) >= 11 is 6.06. The van der Waals surface area contributed by atoms with E-state index in [2.05, 4.69) is 5.10 Å². The minimum absolute atomic E-state index is 0.00850. The zero-order valence-corrected chi connectivity index (χ0v) is 9.15. The molecule has 0 fully saturated rings. The lowest BCUT2D eigenvalue weighted by molar-refractivity contribution is 0.299. The molecule has 0 bridgehead atoms. The lowest BCUT2D eigenvalue weighted by Gasteiger charge is -2.03. The molecule has 16 heavy (non-hydrogen) atoms. The third kappa shape index (κ3) is 2.08. The third-order valence-electron chi connectivity index (χ3n) is 2.21. The third-order valence-corrected chi connectivity index (χ3v) is 2.62. The number of aliphatic hydroxyl groups excluding tert-OH is 1. The van der Waals surface area contributed by atoms with Crippen molar-refractivity contribution in [2.75, 3.05) is 6.61 Å². The second kappa shape index (κ2) is 4.63. The molecule has 0 unspecified atom stereocenters. The van der Waals surface area contributed by atoms with Crippen LogP contribution in [0.15, 0.2) is 30.5 Å². The Morgan fingerprint density at radius 3 is 2.94 bits per heavy atom. The van der Waals surface area contributed by atoms with Crippen molar-refractivity contribution in [3.8, 4) is 5.69 Å². The van der Waals surface area contributed by atoms with Crippen LogP contribution in [0.2, 0.25) is 5.15 Å². The average molecular weight is 241 g/mol. The van der Waals surface area contributed by atoms with Gasteiger partial charge in [-0.3, -0.25) is 0 Å². The molecular formula is C11H10ClFN2O. The molecule has 1 aromatic carbocycles. The van der Waals surface area contributed by atoms with Gasteiger partial charge in [-0.05, 0) is 18.2 Å². The van der Waals surface area contributed by atoms with Gasteiger partial charge in [-0.15, -0.1) is 0 Å². The zero-order valence-electron chi connectivity index (χ0n) is 8.40. The summed E-state index contributed by atoms with van der Waals surface area (Å²) in [4.78, 5) is 0. The Morgan fingerprint density at radius 2 is 2.25 bits per heavy atom. The summed E-state index contributed by atoms with van der Waals surface area (Å²) in [7, 11) is 0. The van der Waals surface area contributed by atoms with E-state index in [1.165, 1.54) is 16.8 Å². The smallest absolute Gasteiger partial charge is 0.136 e. The Labute approximate surface area is 97.1 Å². The van der Waals surface area contributed by atoms with Crippen LogP contribution in [0.3, 0.4) is 0 Å². The summed E-state index contributed by atoms with van der Waals surface area (Å²) in [5, 5.41) is 13.3. The molecule has 1 aromatic heterocycles. The van der Waals surface area contributed by atoms with Crippen molar-refractivity contribution in [2.45, 2.75) is 6.42 Å². The summed E-state index contributed by atoms with van der Waals surface area (Å²) in [6, 6.07) is 6.01. The standard InChI is InChI=1S/C11H10ClFN2O/c12-11-8(4-5-16)7-14-15(11)10-3-1-2-9(13)6-10/h1-3,6-7,16H,4-5H2. The summed E-state index contributed by atoms with van der Waals surface area (Å²) in [6.07, 6.45) is 2.01. The SMILES string of the molecule is OCCc1cnn(-c2cccc(F)c2)c1Cl. The molecule has 0 atom stereocenters. The number of aliphatic hydroxyl groups is 1. The first-order chi connectivity index (χ1) is 7.72. The van der Waals surface area contributed by atoms with Crippen LogP contribution in [0.25, 0.3) is 5.69 Å². The van der Waals surface area contributed by atoms with Crippen molar-refractivity contribution in [1.29, 1.82) is 0 Å². The van der Waals surface area contributed by atoms with Crippen LogP contribution < -0.4 is 0 Å². The van der Waals surface area contributed by atoms with E-state index in [1.807, 2.05) is 0 Å². The number of hydrogen-bond donors (Lipinski definition) is 1. The summed E-state index contributed by atoms with van der Waals surface area (Å²) in [5.41, 5.74) is 1.31. The van der Waals surface area contributed by atoms with E-state index in [0.717, 1.165) is 5.56 Å². The molecule has 1 N–H and O–H groups in total. The van der Waals surface area contributed by atoms with Gasteiger partial charge >= 0.3 is 0 Å². The first-order valence-electron chi connectivity index (χ1n) is 4.81. The first kappa shape index (κ1) is 11.1. The largest absolute Gasteiger partial charge is 0.396 e. The molecule has 0 radical (unpaired) electrons. The van der Waals surface area contributed by atoms with Crippen LogP contribution in [0.1, 0.15) is 5.56 Å². The van der Waals surface area contributed by atoms with E-state index >= 15 is 0 Å². The minimum atomic E-state index is -0.340. The number of hydrogen-bond acceptors (Lipinski definition) is 2. The van der Waals surface area contributed by atoms with Crippen molar-refractivity contribution < 1.29 is 9.50 Å². The fourth-order valence-corrected chi connectivity index (χ4v) is 1.73. The van der Waals surface area contributed by atoms with Crippen LogP contribution in [0.5, 0.6) is 0 Å². The first-order valence-corrected chi connectivity index (χ1v) is 5.19. The maximum atomic E-state index is 13.0. The maximum Gasteiger partial charge on any atom is 0.136 e. The van der Waals surface area contributed by atoms with Gasteiger partial charge in [0.05, 0.1) is 11.9 Å².